The van der Waals surface area contributed by atoms with Crippen LogP contribution < -0.4 is 5.43 Å². The van der Waals surface area contributed by atoms with Crippen molar-refractivity contribution in [2.24, 2.45) is 5.10 Å². The maximum absolute atomic E-state index is 5.41. The van der Waals surface area contributed by atoms with Gasteiger partial charge in [0.1, 0.15) is 0 Å². The van der Waals surface area contributed by atoms with E-state index < -0.39 is 0 Å². The van der Waals surface area contributed by atoms with E-state index in [1.807, 2.05) is 0 Å². The van der Waals surface area contributed by atoms with Crippen LogP contribution >= 0.6 is 23.4 Å². The van der Waals surface area contributed by atoms with Crippen LogP contribution in [0.15, 0.2) is 17.4 Å². The van der Waals surface area contributed by atoms with E-state index in [1.165, 1.54) is 0 Å². The third-order valence-corrected chi connectivity index (χ3v) is 0.960. The van der Waals surface area contributed by atoms with Crippen LogP contribution in [-0.2, 0) is 0 Å². The van der Waals surface area contributed by atoms with Crippen molar-refractivity contribution in [1.29, 1.82) is 0 Å². The Kier molecular flexibility index (Phi) is 1.60. The van der Waals surface area contributed by atoms with Gasteiger partial charge in [-0.3, -0.25) is 5.43 Å². The van der Waals surface area contributed by atoms with Gasteiger partial charge in [0, 0.05) is 6.20 Å². The molecule has 1 N–H and O–H groups in total. The molecule has 0 aromatic heterocycles. The van der Waals surface area contributed by atoms with E-state index in [1.54, 1.807) is 12.3 Å². The number of hydrogen-bond acceptors (Lipinski definition) is 3. The molecule has 0 unspecified atom stereocenters. The number of halogens is 2. The van der Waals surface area contributed by atoms with E-state index in [4.69, 9.17) is 23.4 Å². The lowest BCUT2D eigenvalue weighted by Gasteiger charge is -2.10. The summed E-state index contributed by atoms with van der Waals surface area (Å²) in [5.74, 6) is 0. The molecule has 0 aliphatic carbocycles. The van der Waals surface area contributed by atoms with Crippen LogP contribution in [0.25, 0.3) is 0 Å². The molecule has 3 nitrogen and oxygen atoms in total. The Balaban J connectivity index is 2.63. The van der Waals surface area contributed by atoms with Crippen molar-refractivity contribution in [3.8, 4) is 0 Å². The summed E-state index contributed by atoms with van der Waals surface area (Å²) in [5.41, 5.74) is 2.56. The van der Waals surface area contributed by atoms with Crippen LogP contribution in [0.3, 0.4) is 0 Å². The van der Waals surface area contributed by atoms with Gasteiger partial charge in [-0.15, -0.1) is 9.74 Å². The summed E-state index contributed by atoms with van der Waals surface area (Å²) in [6, 6.07) is 0. The second kappa shape index (κ2) is 2.24. The molecule has 0 aromatic rings. The molecule has 0 saturated carbocycles. The average Bonchev–Trinajstić information content (AvgIpc) is 1.64. The van der Waals surface area contributed by atoms with Crippen LogP contribution in [0.5, 0.6) is 0 Å². The highest BCUT2D eigenvalue weighted by Crippen LogP contribution is 1.99. The molecule has 0 radical (unpaired) electrons. The van der Waals surface area contributed by atoms with Crippen LogP contribution in [0, 0.1) is 0 Å². The summed E-state index contributed by atoms with van der Waals surface area (Å²) < 4.78 is 1.00. The summed E-state index contributed by atoms with van der Waals surface area (Å²) in [5, 5.41) is 3.93. The number of nitrogens with zero attached hydrogens (tertiary/aromatic N) is 2. The van der Waals surface area contributed by atoms with Crippen molar-refractivity contribution in [3.05, 3.63) is 12.3 Å². The molecule has 0 atom stereocenters. The van der Waals surface area contributed by atoms with Gasteiger partial charge in [-0.1, -0.05) is 11.6 Å². The number of allylic oxidation sites excluding steroid dienone is 1. The third-order valence-electron chi connectivity index (χ3n) is 0.585. The number of hydrogen-bond donors (Lipinski definition) is 1. The summed E-state index contributed by atoms with van der Waals surface area (Å²) in [6.07, 6.45) is 3.18. The molecule has 1 rings (SSSR count). The fraction of sp³-hybridized carbons (Fsp3) is 0. The molecular weight excluding hydrogens is 149 g/mol. The highest BCUT2D eigenvalue weighted by Gasteiger charge is 1.97. The van der Waals surface area contributed by atoms with Crippen molar-refractivity contribution in [1.82, 2.24) is 10.1 Å². The first kappa shape index (κ1) is 5.72. The number of hydrazone groups is 1. The van der Waals surface area contributed by atoms with E-state index in [2.05, 4.69) is 10.5 Å². The highest BCUT2D eigenvalue weighted by atomic mass is 35.5. The first-order valence-electron chi connectivity index (χ1n) is 1.92. The number of nitrogens with one attached hydrogen (secondary N) is 1. The largest absolute Gasteiger partial charge is 0.274 e. The number of rotatable bonds is 0. The lowest BCUT2D eigenvalue weighted by atomic mass is 10.6. The van der Waals surface area contributed by atoms with E-state index >= 15 is 0 Å². The Morgan fingerprint density at radius 3 is 2.88 bits per heavy atom. The van der Waals surface area contributed by atoms with Crippen LogP contribution in [0.1, 0.15) is 0 Å². The monoisotopic (exact) mass is 151 g/mol. The number of hydrazine groups is 1. The molecule has 0 aromatic carbocycles. The molecule has 1 aliphatic heterocycles. The minimum Gasteiger partial charge on any atom is -0.274 e. The molecule has 8 heavy (non-hydrogen) atoms. The maximum Gasteiger partial charge on any atom is 0.154 e. The molecular formula is C3H3Cl2N3. The molecule has 0 saturated heterocycles. The Hall–Kier alpha value is -0.410. The van der Waals surface area contributed by atoms with Gasteiger partial charge in [0.05, 0.1) is 11.8 Å². The predicted molar refractivity (Wildman–Crippen MR) is 33.3 cm³/mol. The fourth-order valence-corrected chi connectivity index (χ4v) is 0.629. The second-order valence-corrected chi connectivity index (χ2v) is 1.85. The quantitative estimate of drug-likeness (QED) is 0.525. The van der Waals surface area contributed by atoms with Crippen molar-refractivity contribution in [3.63, 3.8) is 0 Å². The summed E-state index contributed by atoms with van der Waals surface area (Å²) >= 11 is 10.7. The SMILES string of the molecule is ClC1=NN(Cl)NC=C1. The normalized spacial score (nSPS) is 17.8. The molecule has 0 spiro atoms. The predicted octanol–water partition coefficient (Wildman–Crippen LogP) is 1.03. The lowest BCUT2D eigenvalue weighted by molar-refractivity contribution is 0.413. The molecule has 1 aliphatic rings. The van der Waals surface area contributed by atoms with E-state index in [0.717, 1.165) is 4.64 Å². The van der Waals surface area contributed by atoms with Crippen LogP contribution in [0.2, 0.25) is 0 Å². The zero-order valence-corrected chi connectivity index (χ0v) is 5.32. The van der Waals surface area contributed by atoms with E-state index in [9.17, 15) is 0 Å². The van der Waals surface area contributed by atoms with Crippen molar-refractivity contribution in [2.45, 2.75) is 0 Å². The van der Waals surface area contributed by atoms with Gasteiger partial charge in [0.2, 0.25) is 0 Å². The van der Waals surface area contributed by atoms with E-state index in [-0.39, 0.29) is 0 Å². The Labute approximate surface area is 56.6 Å². The maximum atomic E-state index is 5.41. The second-order valence-electron chi connectivity index (χ2n) is 1.15. The van der Waals surface area contributed by atoms with Gasteiger partial charge in [0.15, 0.2) is 5.17 Å². The van der Waals surface area contributed by atoms with Gasteiger partial charge in [-0.05, 0) is 6.08 Å². The zero-order valence-electron chi connectivity index (χ0n) is 3.81. The highest BCUT2D eigenvalue weighted by molar-refractivity contribution is 6.68. The summed E-state index contributed by atoms with van der Waals surface area (Å²) in [4.78, 5) is 0. The Bertz CT molecular complexity index is 141. The van der Waals surface area contributed by atoms with Gasteiger partial charge < -0.3 is 0 Å². The molecule has 0 amide bonds. The zero-order chi connectivity index (χ0) is 5.98. The third kappa shape index (κ3) is 1.28. The summed E-state index contributed by atoms with van der Waals surface area (Å²) in [7, 11) is 0. The smallest absolute Gasteiger partial charge is 0.154 e. The van der Waals surface area contributed by atoms with Crippen molar-refractivity contribution in [2.75, 3.05) is 0 Å². The Morgan fingerprint density at radius 2 is 2.50 bits per heavy atom. The lowest BCUT2D eigenvalue weighted by Crippen LogP contribution is -2.22. The van der Waals surface area contributed by atoms with Crippen molar-refractivity contribution >= 4 is 28.5 Å². The fourth-order valence-electron chi connectivity index (χ4n) is 0.314. The van der Waals surface area contributed by atoms with Crippen LogP contribution in [-0.4, -0.2) is 9.81 Å². The first-order chi connectivity index (χ1) is 3.79. The molecule has 5 heteroatoms. The molecule has 44 valence electrons. The van der Waals surface area contributed by atoms with Crippen molar-refractivity contribution < 1.29 is 0 Å². The van der Waals surface area contributed by atoms with E-state index in [0.29, 0.717) is 5.17 Å². The van der Waals surface area contributed by atoms with Gasteiger partial charge in [0.25, 0.3) is 0 Å². The van der Waals surface area contributed by atoms with Gasteiger partial charge >= 0.3 is 0 Å². The van der Waals surface area contributed by atoms with Gasteiger partial charge in [-0.2, -0.15) is 0 Å². The molecule has 1 heterocycles. The van der Waals surface area contributed by atoms with Crippen LogP contribution in [0.4, 0.5) is 0 Å². The molecule has 0 bridgehead atoms. The van der Waals surface area contributed by atoms with Gasteiger partial charge in [-0.25, -0.2) is 0 Å². The minimum absolute atomic E-state index is 0.360. The Morgan fingerprint density at radius 1 is 1.75 bits per heavy atom. The standard InChI is InChI=1S/C3H3Cl2N3/c4-3-1-2-6-8(5)7-3/h1-2,6H. The first-order valence-corrected chi connectivity index (χ1v) is 2.63. The topological polar surface area (TPSA) is 27.6 Å². The summed E-state index contributed by atoms with van der Waals surface area (Å²) in [6.45, 7) is 0. The average molecular weight is 152 g/mol. The molecule has 0 fully saturated rings. The minimum atomic E-state index is 0.360.